The number of aliphatic hydroxyl groups excluding tert-OH is 1. The maximum Gasteiger partial charge on any atom is 0.407 e. The Hall–Kier alpha value is -1.26. The molecule has 0 saturated heterocycles. The Morgan fingerprint density at radius 1 is 1.50 bits per heavy atom. The summed E-state index contributed by atoms with van der Waals surface area (Å²) in [4.78, 5) is 11.4. The predicted octanol–water partition coefficient (Wildman–Crippen LogP) is 2.65. The molecule has 1 amide bonds. The number of carbonyl (C=O) groups is 1. The first-order valence-electron chi connectivity index (χ1n) is 5.97. The molecular weight excluding hydrogens is 254 g/mol. The molecule has 1 fully saturated rings. The van der Waals surface area contributed by atoms with Crippen molar-refractivity contribution in [3.8, 4) is 0 Å². The number of ether oxygens (including phenoxy) is 1. The molecule has 0 heterocycles. The summed E-state index contributed by atoms with van der Waals surface area (Å²) in [5, 5.41) is 13.2. The van der Waals surface area contributed by atoms with Crippen LogP contribution in [0.4, 0.5) is 4.79 Å². The normalized spacial score (nSPS) is 17.9. The van der Waals surface area contributed by atoms with Crippen LogP contribution >= 0.6 is 11.6 Å². The molecule has 2 atom stereocenters. The van der Waals surface area contributed by atoms with Crippen molar-refractivity contribution in [2.75, 3.05) is 0 Å². The van der Waals surface area contributed by atoms with Gasteiger partial charge < -0.3 is 15.2 Å². The van der Waals surface area contributed by atoms with Gasteiger partial charge in [0.05, 0.1) is 0 Å². The lowest BCUT2D eigenvalue weighted by Gasteiger charge is -2.20. The Kier molecular flexibility index (Phi) is 4.09. The van der Waals surface area contributed by atoms with E-state index in [1.807, 2.05) is 0 Å². The van der Waals surface area contributed by atoms with Crippen molar-refractivity contribution in [1.29, 1.82) is 0 Å². The Bertz CT molecular complexity index is 434. The van der Waals surface area contributed by atoms with E-state index in [2.05, 4.69) is 5.32 Å². The van der Waals surface area contributed by atoms with Crippen molar-refractivity contribution in [2.45, 2.75) is 38.0 Å². The molecule has 1 aromatic rings. The summed E-state index contributed by atoms with van der Waals surface area (Å²) in [5.41, 5.74) is 0.561. The quantitative estimate of drug-likeness (QED) is 0.883. The second-order valence-corrected chi connectivity index (χ2v) is 4.90. The number of hydrogen-bond acceptors (Lipinski definition) is 3. The van der Waals surface area contributed by atoms with Crippen LogP contribution in [-0.4, -0.2) is 23.3 Å². The van der Waals surface area contributed by atoms with Gasteiger partial charge in [-0.05, 0) is 25.8 Å². The van der Waals surface area contributed by atoms with Crippen LogP contribution in [-0.2, 0) is 4.74 Å². The number of nitrogens with one attached hydrogen (secondary N) is 1. The van der Waals surface area contributed by atoms with Crippen LogP contribution in [0.1, 0.15) is 31.4 Å². The monoisotopic (exact) mass is 269 g/mol. The average molecular weight is 270 g/mol. The van der Waals surface area contributed by atoms with Crippen LogP contribution in [0.3, 0.4) is 0 Å². The topological polar surface area (TPSA) is 58.6 Å². The minimum absolute atomic E-state index is 0.238. The molecular formula is C13H16ClNO3. The van der Waals surface area contributed by atoms with Gasteiger partial charge in [-0.1, -0.05) is 29.8 Å². The standard InChI is InChI=1S/C13H16ClNO3/c1-8(18-13(17)15-9-6-7-9)12(16)10-4-2-3-5-11(10)14/h2-5,8-9,12,16H,6-7H2,1H3,(H,15,17). The number of carbonyl (C=O) groups excluding carboxylic acids is 1. The van der Waals surface area contributed by atoms with E-state index in [4.69, 9.17) is 16.3 Å². The van der Waals surface area contributed by atoms with Gasteiger partial charge in [-0.15, -0.1) is 0 Å². The molecule has 0 spiro atoms. The molecule has 0 aromatic heterocycles. The number of aliphatic hydroxyl groups is 1. The first-order valence-corrected chi connectivity index (χ1v) is 6.35. The third kappa shape index (κ3) is 3.37. The Balaban J connectivity index is 1.93. The maximum absolute atomic E-state index is 11.4. The van der Waals surface area contributed by atoms with Crippen molar-refractivity contribution in [3.63, 3.8) is 0 Å². The average Bonchev–Trinajstić information content (AvgIpc) is 3.12. The van der Waals surface area contributed by atoms with Gasteiger partial charge in [-0.2, -0.15) is 0 Å². The summed E-state index contributed by atoms with van der Waals surface area (Å²) in [5.74, 6) is 0. The van der Waals surface area contributed by atoms with Gasteiger partial charge in [0.25, 0.3) is 0 Å². The number of amides is 1. The molecule has 18 heavy (non-hydrogen) atoms. The summed E-state index contributed by atoms with van der Waals surface area (Å²) >= 11 is 5.98. The van der Waals surface area contributed by atoms with E-state index in [0.717, 1.165) is 12.8 Å². The van der Waals surface area contributed by atoms with Gasteiger partial charge in [0.1, 0.15) is 12.2 Å². The molecule has 0 radical (unpaired) electrons. The highest BCUT2D eigenvalue weighted by atomic mass is 35.5. The minimum Gasteiger partial charge on any atom is -0.443 e. The van der Waals surface area contributed by atoms with Gasteiger partial charge in [0, 0.05) is 16.6 Å². The van der Waals surface area contributed by atoms with Crippen molar-refractivity contribution < 1.29 is 14.6 Å². The third-order valence-corrected chi connectivity index (χ3v) is 3.20. The smallest absolute Gasteiger partial charge is 0.407 e. The Labute approximate surface area is 111 Å². The summed E-state index contributed by atoms with van der Waals surface area (Å²) in [7, 11) is 0. The largest absolute Gasteiger partial charge is 0.443 e. The number of hydrogen-bond donors (Lipinski definition) is 2. The molecule has 5 heteroatoms. The number of rotatable bonds is 4. The van der Waals surface area contributed by atoms with Gasteiger partial charge in [-0.25, -0.2) is 4.79 Å². The van der Waals surface area contributed by atoms with Crippen molar-refractivity contribution in [1.82, 2.24) is 5.32 Å². The highest BCUT2D eigenvalue weighted by molar-refractivity contribution is 6.31. The number of alkyl carbamates (subject to hydrolysis) is 1. The zero-order valence-corrected chi connectivity index (χ0v) is 10.9. The van der Waals surface area contributed by atoms with Crippen LogP contribution in [0.2, 0.25) is 5.02 Å². The fourth-order valence-electron chi connectivity index (χ4n) is 1.63. The highest BCUT2D eigenvalue weighted by Gasteiger charge is 2.27. The fourth-order valence-corrected chi connectivity index (χ4v) is 1.88. The van der Waals surface area contributed by atoms with E-state index in [-0.39, 0.29) is 6.04 Å². The van der Waals surface area contributed by atoms with Gasteiger partial charge >= 0.3 is 6.09 Å². The molecule has 98 valence electrons. The second kappa shape index (κ2) is 5.59. The van der Waals surface area contributed by atoms with E-state index in [9.17, 15) is 9.90 Å². The van der Waals surface area contributed by atoms with Crippen molar-refractivity contribution >= 4 is 17.7 Å². The molecule has 2 unspecified atom stereocenters. The molecule has 4 nitrogen and oxygen atoms in total. The molecule has 1 aliphatic carbocycles. The van der Waals surface area contributed by atoms with Gasteiger partial charge in [0.15, 0.2) is 0 Å². The van der Waals surface area contributed by atoms with E-state index in [1.54, 1.807) is 31.2 Å². The molecule has 2 N–H and O–H groups in total. The zero-order chi connectivity index (χ0) is 13.1. The second-order valence-electron chi connectivity index (χ2n) is 4.50. The molecule has 1 aliphatic rings. The third-order valence-electron chi connectivity index (χ3n) is 2.86. The van der Waals surface area contributed by atoms with Crippen LogP contribution in [0, 0.1) is 0 Å². The van der Waals surface area contributed by atoms with E-state index < -0.39 is 18.3 Å². The van der Waals surface area contributed by atoms with Crippen molar-refractivity contribution in [3.05, 3.63) is 34.9 Å². The van der Waals surface area contributed by atoms with E-state index >= 15 is 0 Å². The lowest BCUT2D eigenvalue weighted by molar-refractivity contribution is 0.0118. The minimum atomic E-state index is -0.927. The zero-order valence-electron chi connectivity index (χ0n) is 10.1. The molecule has 0 aliphatic heterocycles. The molecule has 2 rings (SSSR count). The Morgan fingerprint density at radius 2 is 2.17 bits per heavy atom. The van der Waals surface area contributed by atoms with Crippen LogP contribution in [0.5, 0.6) is 0 Å². The summed E-state index contributed by atoms with van der Waals surface area (Å²) in [6.45, 7) is 1.64. The lowest BCUT2D eigenvalue weighted by atomic mass is 10.1. The van der Waals surface area contributed by atoms with E-state index in [0.29, 0.717) is 10.6 Å². The van der Waals surface area contributed by atoms with Crippen LogP contribution in [0.25, 0.3) is 0 Å². The maximum atomic E-state index is 11.4. The first kappa shape index (κ1) is 13.2. The highest BCUT2D eigenvalue weighted by Crippen LogP contribution is 2.26. The van der Waals surface area contributed by atoms with E-state index in [1.165, 1.54) is 0 Å². The number of halogens is 1. The predicted molar refractivity (Wildman–Crippen MR) is 68.5 cm³/mol. The molecule has 0 bridgehead atoms. The fraction of sp³-hybridized carbons (Fsp3) is 0.462. The van der Waals surface area contributed by atoms with Crippen LogP contribution in [0.15, 0.2) is 24.3 Å². The summed E-state index contributed by atoms with van der Waals surface area (Å²) in [6, 6.07) is 7.20. The Morgan fingerprint density at radius 3 is 2.78 bits per heavy atom. The number of benzene rings is 1. The lowest BCUT2D eigenvalue weighted by Crippen LogP contribution is -2.32. The summed E-state index contributed by atoms with van der Waals surface area (Å²) in [6.07, 6.45) is -0.0731. The van der Waals surface area contributed by atoms with Gasteiger partial charge in [0.2, 0.25) is 0 Å². The first-order chi connectivity index (χ1) is 8.58. The molecule has 1 aromatic carbocycles. The van der Waals surface area contributed by atoms with Crippen LogP contribution < -0.4 is 5.32 Å². The molecule has 1 saturated carbocycles. The SMILES string of the molecule is CC(OC(=O)NC1CC1)C(O)c1ccccc1Cl. The van der Waals surface area contributed by atoms with Crippen molar-refractivity contribution in [2.24, 2.45) is 0 Å². The summed E-state index contributed by atoms with van der Waals surface area (Å²) < 4.78 is 5.11. The van der Waals surface area contributed by atoms with Gasteiger partial charge in [-0.3, -0.25) is 0 Å².